The SMILES string of the molecule is Cc1ccc(CNc2cc(Nc3c(F)cccc3F)ncn2)cc1. The number of rotatable bonds is 5. The Morgan fingerprint density at radius 3 is 2.29 bits per heavy atom. The van der Waals surface area contributed by atoms with E-state index in [-0.39, 0.29) is 5.69 Å². The van der Waals surface area contributed by atoms with Crippen LogP contribution in [0.25, 0.3) is 0 Å². The van der Waals surface area contributed by atoms with Gasteiger partial charge in [0.25, 0.3) is 0 Å². The first-order valence-electron chi connectivity index (χ1n) is 7.44. The Morgan fingerprint density at radius 1 is 0.917 bits per heavy atom. The smallest absolute Gasteiger partial charge is 0.149 e. The minimum Gasteiger partial charge on any atom is -0.366 e. The third kappa shape index (κ3) is 3.84. The van der Waals surface area contributed by atoms with Crippen molar-refractivity contribution in [3.8, 4) is 0 Å². The van der Waals surface area contributed by atoms with E-state index in [1.165, 1.54) is 30.1 Å². The van der Waals surface area contributed by atoms with Gasteiger partial charge in [-0.05, 0) is 24.6 Å². The predicted molar refractivity (Wildman–Crippen MR) is 90.2 cm³/mol. The third-order valence-electron chi connectivity index (χ3n) is 3.48. The number of hydrogen-bond donors (Lipinski definition) is 2. The van der Waals surface area contributed by atoms with Gasteiger partial charge in [0.2, 0.25) is 0 Å². The number of nitrogens with zero attached hydrogens (tertiary/aromatic N) is 2. The van der Waals surface area contributed by atoms with Crippen molar-refractivity contribution >= 4 is 17.3 Å². The molecule has 0 aliphatic rings. The molecule has 0 saturated carbocycles. The van der Waals surface area contributed by atoms with E-state index in [1.807, 2.05) is 31.2 Å². The molecule has 0 aliphatic carbocycles. The molecule has 6 heteroatoms. The van der Waals surface area contributed by atoms with Crippen LogP contribution in [0.4, 0.5) is 26.1 Å². The van der Waals surface area contributed by atoms with Gasteiger partial charge in [0.15, 0.2) is 0 Å². The normalized spacial score (nSPS) is 10.5. The number of aryl methyl sites for hydroxylation is 1. The average molecular weight is 326 g/mol. The molecule has 0 spiro atoms. The molecular weight excluding hydrogens is 310 g/mol. The minimum atomic E-state index is -0.678. The first kappa shape index (κ1) is 15.9. The summed E-state index contributed by atoms with van der Waals surface area (Å²) >= 11 is 0. The molecule has 0 bridgehead atoms. The van der Waals surface area contributed by atoms with E-state index >= 15 is 0 Å². The highest BCUT2D eigenvalue weighted by Crippen LogP contribution is 2.22. The molecule has 3 aromatic rings. The summed E-state index contributed by atoms with van der Waals surface area (Å²) in [5.74, 6) is -0.490. The largest absolute Gasteiger partial charge is 0.366 e. The van der Waals surface area contributed by atoms with Gasteiger partial charge in [0, 0.05) is 12.6 Å². The highest BCUT2D eigenvalue weighted by molar-refractivity contribution is 5.60. The van der Waals surface area contributed by atoms with Crippen molar-refractivity contribution in [3.05, 3.63) is 77.6 Å². The van der Waals surface area contributed by atoms with Gasteiger partial charge in [0.05, 0.1) is 0 Å². The molecule has 0 amide bonds. The molecule has 2 N–H and O–H groups in total. The Bertz CT molecular complexity index is 814. The van der Waals surface area contributed by atoms with Crippen LogP contribution < -0.4 is 10.6 Å². The molecule has 0 radical (unpaired) electrons. The van der Waals surface area contributed by atoms with Crippen LogP contribution in [0.5, 0.6) is 0 Å². The van der Waals surface area contributed by atoms with E-state index < -0.39 is 11.6 Å². The Hall–Kier alpha value is -3.02. The standard InChI is InChI=1S/C18H16F2N4/c1-12-5-7-13(8-6-12)10-21-16-9-17(23-11-22-16)24-18-14(19)3-2-4-15(18)20/h2-9,11H,10H2,1H3,(H2,21,22,23,24). The summed E-state index contributed by atoms with van der Waals surface area (Å²) in [6.07, 6.45) is 1.33. The molecule has 0 aliphatic heterocycles. The fourth-order valence-corrected chi connectivity index (χ4v) is 2.17. The van der Waals surface area contributed by atoms with Crippen molar-refractivity contribution in [2.24, 2.45) is 0 Å². The zero-order valence-electron chi connectivity index (χ0n) is 13.1. The van der Waals surface area contributed by atoms with E-state index in [0.29, 0.717) is 18.2 Å². The third-order valence-corrected chi connectivity index (χ3v) is 3.48. The van der Waals surface area contributed by atoms with E-state index in [4.69, 9.17) is 0 Å². The van der Waals surface area contributed by atoms with Crippen molar-refractivity contribution in [2.45, 2.75) is 13.5 Å². The van der Waals surface area contributed by atoms with Gasteiger partial charge < -0.3 is 10.6 Å². The zero-order valence-corrected chi connectivity index (χ0v) is 13.1. The summed E-state index contributed by atoms with van der Waals surface area (Å²) in [7, 11) is 0. The summed E-state index contributed by atoms with van der Waals surface area (Å²) in [5, 5.41) is 5.80. The predicted octanol–water partition coefficient (Wildman–Crippen LogP) is 4.42. The maximum Gasteiger partial charge on any atom is 0.149 e. The molecule has 0 atom stereocenters. The van der Waals surface area contributed by atoms with E-state index in [0.717, 1.165) is 5.56 Å². The molecule has 24 heavy (non-hydrogen) atoms. The summed E-state index contributed by atoms with van der Waals surface area (Å²) in [5.41, 5.74) is 2.06. The number of halogens is 2. The van der Waals surface area contributed by atoms with Gasteiger partial charge in [-0.2, -0.15) is 0 Å². The van der Waals surface area contributed by atoms with Gasteiger partial charge in [-0.1, -0.05) is 35.9 Å². The van der Waals surface area contributed by atoms with Gasteiger partial charge in [0.1, 0.15) is 35.3 Å². The monoisotopic (exact) mass is 326 g/mol. The van der Waals surface area contributed by atoms with Crippen LogP contribution in [-0.2, 0) is 6.54 Å². The highest BCUT2D eigenvalue weighted by atomic mass is 19.1. The lowest BCUT2D eigenvalue weighted by molar-refractivity contribution is 0.590. The molecule has 0 fully saturated rings. The molecule has 3 rings (SSSR count). The molecule has 1 aromatic heterocycles. The van der Waals surface area contributed by atoms with Crippen LogP contribution in [0, 0.1) is 18.6 Å². The zero-order chi connectivity index (χ0) is 16.9. The molecule has 0 unspecified atom stereocenters. The van der Waals surface area contributed by atoms with Crippen molar-refractivity contribution in [2.75, 3.05) is 10.6 Å². The molecular formula is C18H16F2N4. The van der Waals surface area contributed by atoms with Crippen LogP contribution in [0.3, 0.4) is 0 Å². The lowest BCUT2D eigenvalue weighted by atomic mass is 10.1. The number of para-hydroxylation sites is 1. The Morgan fingerprint density at radius 2 is 1.58 bits per heavy atom. The quantitative estimate of drug-likeness (QED) is 0.729. The second-order valence-electron chi connectivity index (χ2n) is 5.35. The number of benzene rings is 2. The van der Waals surface area contributed by atoms with Crippen LogP contribution in [-0.4, -0.2) is 9.97 Å². The average Bonchev–Trinajstić information content (AvgIpc) is 2.58. The van der Waals surface area contributed by atoms with Gasteiger partial charge >= 0.3 is 0 Å². The molecule has 122 valence electrons. The Balaban J connectivity index is 1.71. The highest BCUT2D eigenvalue weighted by Gasteiger charge is 2.09. The van der Waals surface area contributed by atoms with E-state index in [1.54, 1.807) is 6.07 Å². The van der Waals surface area contributed by atoms with Gasteiger partial charge in [-0.25, -0.2) is 18.7 Å². The Labute approximate surface area is 138 Å². The van der Waals surface area contributed by atoms with Crippen LogP contribution >= 0.6 is 0 Å². The van der Waals surface area contributed by atoms with Crippen molar-refractivity contribution < 1.29 is 8.78 Å². The molecule has 4 nitrogen and oxygen atoms in total. The fourth-order valence-electron chi connectivity index (χ4n) is 2.17. The summed E-state index contributed by atoms with van der Waals surface area (Å²) in [4.78, 5) is 8.10. The molecule has 1 heterocycles. The number of hydrogen-bond acceptors (Lipinski definition) is 4. The number of anilines is 3. The van der Waals surface area contributed by atoms with Crippen molar-refractivity contribution in [1.29, 1.82) is 0 Å². The molecule has 0 saturated heterocycles. The fraction of sp³-hybridized carbons (Fsp3) is 0.111. The lowest BCUT2D eigenvalue weighted by Gasteiger charge is -2.10. The van der Waals surface area contributed by atoms with Crippen molar-refractivity contribution in [1.82, 2.24) is 9.97 Å². The van der Waals surface area contributed by atoms with Crippen LogP contribution in [0.1, 0.15) is 11.1 Å². The van der Waals surface area contributed by atoms with E-state index in [9.17, 15) is 8.78 Å². The van der Waals surface area contributed by atoms with Gasteiger partial charge in [-0.3, -0.25) is 0 Å². The first-order chi connectivity index (χ1) is 11.6. The topological polar surface area (TPSA) is 49.8 Å². The lowest BCUT2D eigenvalue weighted by Crippen LogP contribution is -2.04. The maximum absolute atomic E-state index is 13.7. The second-order valence-corrected chi connectivity index (χ2v) is 5.35. The summed E-state index contributed by atoms with van der Waals surface area (Å²) in [6, 6.07) is 13.4. The second kappa shape index (κ2) is 7.04. The van der Waals surface area contributed by atoms with E-state index in [2.05, 4.69) is 20.6 Å². The maximum atomic E-state index is 13.7. The van der Waals surface area contributed by atoms with Crippen LogP contribution in [0.15, 0.2) is 54.9 Å². The minimum absolute atomic E-state index is 0.235. The van der Waals surface area contributed by atoms with Gasteiger partial charge in [-0.15, -0.1) is 0 Å². The first-order valence-corrected chi connectivity index (χ1v) is 7.44. The Kier molecular flexibility index (Phi) is 4.65. The number of nitrogens with one attached hydrogen (secondary N) is 2. The molecule has 2 aromatic carbocycles. The number of aromatic nitrogens is 2. The summed E-state index contributed by atoms with van der Waals surface area (Å²) < 4.78 is 27.4. The summed E-state index contributed by atoms with van der Waals surface area (Å²) in [6.45, 7) is 2.62. The van der Waals surface area contributed by atoms with Crippen LogP contribution in [0.2, 0.25) is 0 Å². The van der Waals surface area contributed by atoms with Crippen molar-refractivity contribution in [3.63, 3.8) is 0 Å².